The van der Waals surface area contributed by atoms with Crippen LogP contribution in [0.5, 0.6) is 0 Å². The van der Waals surface area contributed by atoms with E-state index in [2.05, 4.69) is 39.3 Å². The first-order valence-corrected chi connectivity index (χ1v) is 25.9. The molecule has 5 fully saturated rings. The lowest BCUT2D eigenvalue weighted by Crippen LogP contribution is -2.56. The van der Waals surface area contributed by atoms with Crippen molar-refractivity contribution in [1.29, 1.82) is 0 Å². The van der Waals surface area contributed by atoms with Gasteiger partial charge in [-0.15, -0.1) is 0 Å². The summed E-state index contributed by atoms with van der Waals surface area (Å²) >= 11 is 6.32. The Balaban J connectivity index is 0.758. The second kappa shape index (κ2) is 17.4. The number of hydrogen-bond donors (Lipinski definition) is 2. The van der Waals surface area contributed by atoms with Crippen LogP contribution in [-0.4, -0.2) is 86.3 Å². The molecule has 2 aromatic carbocycles. The molecule has 2 saturated carbocycles. The Morgan fingerprint density at radius 2 is 1.64 bits per heavy atom. The topological polar surface area (TPSA) is 174 Å². The largest absolute Gasteiger partial charge is 0.369 e. The number of pyridine rings is 1. The number of piperidine rings is 3. The number of likely N-dealkylation sites (tertiary alicyclic amines) is 1. The van der Waals surface area contributed by atoms with E-state index < -0.39 is 38.5 Å². The maximum absolute atomic E-state index is 16.4. The van der Waals surface area contributed by atoms with Crippen molar-refractivity contribution < 1.29 is 22.4 Å². The molecule has 0 bridgehead atoms. The molecular formula is C49H59ClFN9O6S. The fraction of sp³-hybridized carbons (Fsp3) is 0.551. The van der Waals surface area contributed by atoms with Gasteiger partial charge in [0.2, 0.25) is 17.8 Å². The van der Waals surface area contributed by atoms with Crippen molar-refractivity contribution in [3.8, 4) is 0 Å². The molecule has 6 heterocycles. The number of rotatable bonds is 10. The Kier molecular flexibility index (Phi) is 11.9. The van der Waals surface area contributed by atoms with E-state index in [1.807, 2.05) is 6.92 Å². The summed E-state index contributed by atoms with van der Waals surface area (Å²) < 4.78 is 48.8. The van der Waals surface area contributed by atoms with Gasteiger partial charge in [-0.25, -0.2) is 22.6 Å². The van der Waals surface area contributed by atoms with Crippen molar-refractivity contribution in [2.24, 2.45) is 24.3 Å². The van der Waals surface area contributed by atoms with Gasteiger partial charge in [0.05, 0.1) is 21.3 Å². The Morgan fingerprint density at radius 1 is 0.925 bits per heavy atom. The summed E-state index contributed by atoms with van der Waals surface area (Å²) in [4.78, 5) is 65.2. The van der Waals surface area contributed by atoms with Crippen LogP contribution in [0.25, 0.3) is 22.1 Å². The predicted octanol–water partition coefficient (Wildman–Crippen LogP) is 7.34. The van der Waals surface area contributed by atoms with Crippen LogP contribution in [0.1, 0.15) is 109 Å². The fourth-order valence-corrected chi connectivity index (χ4v) is 14.7. The van der Waals surface area contributed by atoms with Crippen molar-refractivity contribution in [1.82, 2.24) is 33.9 Å². The SMILES string of the molecule is Cc1cc(S(=O)(=O)C2CC3(CCN(C(C(C)C)C4CCN(c5ccc6c(c5F)n(C)c(=O)n6C5CCC(=O)NC5=O)CC4)CC3)C2)ccc1Nc1ncc2cc(Cl)c(=O)n(C3CCCC3)c2n1. The van der Waals surface area contributed by atoms with Gasteiger partial charge >= 0.3 is 5.69 Å². The quantitative estimate of drug-likeness (QED) is 0.134. The van der Waals surface area contributed by atoms with Crippen LogP contribution in [0.3, 0.4) is 0 Å². The molecule has 10 rings (SSSR count). The van der Waals surface area contributed by atoms with Crippen molar-refractivity contribution in [3.63, 3.8) is 0 Å². The maximum atomic E-state index is 16.4. The maximum Gasteiger partial charge on any atom is 0.329 e. The van der Waals surface area contributed by atoms with Crippen LogP contribution >= 0.6 is 11.6 Å². The summed E-state index contributed by atoms with van der Waals surface area (Å²) in [5.74, 6) is -0.281. The molecule has 15 nitrogen and oxygen atoms in total. The summed E-state index contributed by atoms with van der Waals surface area (Å²) in [6.45, 7) is 9.59. The van der Waals surface area contributed by atoms with Crippen molar-refractivity contribution in [3.05, 3.63) is 79.8 Å². The fourth-order valence-electron chi connectivity index (χ4n) is 12.4. The van der Waals surface area contributed by atoms with Gasteiger partial charge in [0.15, 0.2) is 15.7 Å². The standard InChI is InChI=1S/C49H59ClFN9O6S/c1-28(2)42(30-15-19-57(20-16-30)37-11-12-38-43(41(37)51)56(4)48(64)60(38)39-13-14-40(61)54-45(39)62)58-21-17-49(18-22-58)25-34(26-49)67(65,66)33-9-10-36(29(3)23-33)53-47-52-27-31-24-35(50)46(63)59(44(31)55-47)32-7-5-6-8-32/h9-12,23-24,27-28,30,32,34,39,42H,5-8,13-22,25-26H2,1-4H3,(H,52,53,55)(H,54,61,62). The van der Waals surface area contributed by atoms with Gasteiger partial charge in [-0.3, -0.25) is 38.3 Å². The van der Waals surface area contributed by atoms with Crippen LogP contribution in [0.4, 0.5) is 21.7 Å². The number of sulfone groups is 1. The third-order valence-electron chi connectivity index (χ3n) is 16.0. The molecule has 0 radical (unpaired) electrons. The highest BCUT2D eigenvalue weighted by atomic mass is 35.5. The average molecular weight is 957 g/mol. The van der Waals surface area contributed by atoms with Crippen molar-refractivity contribution in [2.45, 2.75) is 126 Å². The van der Waals surface area contributed by atoms with Gasteiger partial charge in [0.1, 0.15) is 22.2 Å². The lowest BCUT2D eigenvalue weighted by molar-refractivity contribution is -0.135. The zero-order valence-electron chi connectivity index (χ0n) is 38.6. The summed E-state index contributed by atoms with van der Waals surface area (Å²) in [7, 11) is -2.04. The number of benzene rings is 2. The molecule has 2 amide bonds. The number of aryl methyl sites for hydroxylation is 2. The minimum absolute atomic E-state index is 0.0140. The van der Waals surface area contributed by atoms with E-state index in [1.54, 1.807) is 47.2 Å². The number of amides is 2. The molecule has 2 atom stereocenters. The van der Waals surface area contributed by atoms with E-state index in [1.165, 1.54) is 16.2 Å². The van der Waals surface area contributed by atoms with Crippen LogP contribution in [0.15, 0.2) is 57.1 Å². The first-order valence-electron chi connectivity index (χ1n) is 23.9. The molecular weight excluding hydrogens is 897 g/mol. The monoisotopic (exact) mass is 955 g/mol. The number of fused-ring (bicyclic) bond motifs is 2. The number of halogens is 2. The summed E-state index contributed by atoms with van der Waals surface area (Å²) in [6.07, 6.45) is 10.8. The first-order chi connectivity index (χ1) is 32.0. The number of carbonyl (C=O) groups is 2. The van der Waals surface area contributed by atoms with Crippen molar-refractivity contribution in [2.75, 3.05) is 36.4 Å². The van der Waals surface area contributed by atoms with Gasteiger partial charge in [-0.1, -0.05) is 38.3 Å². The highest BCUT2D eigenvalue weighted by Gasteiger charge is 2.52. The van der Waals surface area contributed by atoms with Gasteiger partial charge in [-0.2, -0.15) is 4.98 Å². The van der Waals surface area contributed by atoms with Gasteiger partial charge in [0, 0.05) is 55.9 Å². The second-order valence-electron chi connectivity index (χ2n) is 20.3. The lowest BCUT2D eigenvalue weighted by Gasteiger charge is -2.54. The first kappa shape index (κ1) is 45.6. The number of carbonyl (C=O) groups excluding carboxylic acids is 2. The molecule has 2 unspecified atom stereocenters. The Hall–Kier alpha value is -5.13. The number of imidazole rings is 1. The van der Waals surface area contributed by atoms with Crippen LogP contribution in [-0.2, 0) is 26.5 Å². The highest BCUT2D eigenvalue weighted by molar-refractivity contribution is 7.92. The molecule has 67 heavy (non-hydrogen) atoms. The zero-order valence-corrected chi connectivity index (χ0v) is 40.1. The number of nitrogens with one attached hydrogen (secondary N) is 2. The molecule has 3 saturated heterocycles. The zero-order chi connectivity index (χ0) is 47.1. The second-order valence-corrected chi connectivity index (χ2v) is 22.9. The van der Waals surface area contributed by atoms with Crippen LogP contribution in [0, 0.1) is 30.0 Å². The van der Waals surface area contributed by atoms with Crippen LogP contribution < -0.4 is 26.8 Å². The molecule has 2 aliphatic carbocycles. The molecule has 3 aromatic heterocycles. The number of imide groups is 1. The van der Waals surface area contributed by atoms with Crippen molar-refractivity contribution >= 4 is 72.6 Å². The van der Waals surface area contributed by atoms with E-state index in [-0.39, 0.29) is 46.3 Å². The van der Waals surface area contributed by atoms with Gasteiger partial charge < -0.3 is 10.2 Å². The normalized spacial score (nSPS) is 21.7. The van der Waals surface area contributed by atoms with E-state index in [0.717, 1.165) is 70.0 Å². The number of hydrogen-bond acceptors (Lipinski definition) is 11. The molecule has 5 aromatic rings. The Morgan fingerprint density at radius 3 is 2.31 bits per heavy atom. The summed E-state index contributed by atoms with van der Waals surface area (Å²) in [6, 6.07) is 9.71. The van der Waals surface area contributed by atoms with E-state index in [4.69, 9.17) is 16.6 Å². The Labute approximate surface area is 394 Å². The molecule has 2 N–H and O–H groups in total. The van der Waals surface area contributed by atoms with Gasteiger partial charge in [0.25, 0.3) is 5.56 Å². The number of nitrogens with zero attached hydrogens (tertiary/aromatic N) is 7. The van der Waals surface area contributed by atoms with E-state index in [0.29, 0.717) is 82.6 Å². The molecule has 3 aliphatic heterocycles. The predicted molar refractivity (Wildman–Crippen MR) is 256 cm³/mol. The molecule has 18 heteroatoms. The Bertz CT molecular complexity index is 3030. The molecule has 356 valence electrons. The minimum Gasteiger partial charge on any atom is -0.369 e. The minimum atomic E-state index is -3.56. The average Bonchev–Trinajstić information content (AvgIpc) is 3.91. The molecule has 5 aliphatic rings. The molecule has 1 spiro atoms. The lowest BCUT2D eigenvalue weighted by atomic mass is 9.62. The third kappa shape index (κ3) is 8.05. The van der Waals surface area contributed by atoms with E-state index in [9.17, 15) is 27.6 Å². The van der Waals surface area contributed by atoms with Gasteiger partial charge in [-0.05, 0) is 137 Å². The highest BCUT2D eigenvalue weighted by Crippen LogP contribution is 2.53. The third-order valence-corrected chi connectivity index (χ3v) is 18.4. The van der Waals surface area contributed by atoms with Crippen LogP contribution in [0.2, 0.25) is 5.02 Å². The smallest absolute Gasteiger partial charge is 0.329 e. The summed E-state index contributed by atoms with van der Waals surface area (Å²) in [5.41, 5.74) is 2.16. The van der Waals surface area contributed by atoms with E-state index >= 15 is 4.39 Å². The number of anilines is 3. The number of aromatic nitrogens is 5. The summed E-state index contributed by atoms with van der Waals surface area (Å²) in [5, 5.41) is 5.98.